The Morgan fingerprint density at radius 2 is 1.95 bits per heavy atom. The Hall–Kier alpha value is -2.08. The zero-order valence-corrected chi connectivity index (χ0v) is 12.0. The third-order valence-electron chi connectivity index (χ3n) is 2.65. The van der Waals surface area contributed by atoms with Gasteiger partial charge in [0.1, 0.15) is 12.4 Å². The van der Waals surface area contributed by atoms with Crippen LogP contribution in [0.15, 0.2) is 40.9 Å². The van der Waals surface area contributed by atoms with Crippen molar-refractivity contribution in [2.24, 2.45) is 0 Å². The maximum Gasteiger partial charge on any atom is 0.340 e. The number of esters is 1. The molecule has 0 heterocycles. The van der Waals surface area contributed by atoms with Crippen molar-refractivity contribution in [2.45, 2.75) is 6.61 Å². The summed E-state index contributed by atoms with van der Waals surface area (Å²) in [6, 6.07) is 8.96. The van der Waals surface area contributed by atoms with Crippen LogP contribution in [0.2, 0.25) is 0 Å². The number of anilines is 2. The maximum absolute atomic E-state index is 13.1. The smallest absolute Gasteiger partial charge is 0.340 e. The quantitative estimate of drug-likeness (QED) is 0.665. The number of carbonyl (C=O) groups is 1. The second kappa shape index (κ2) is 5.92. The molecule has 0 aromatic heterocycles. The van der Waals surface area contributed by atoms with Crippen LogP contribution >= 0.6 is 15.9 Å². The van der Waals surface area contributed by atoms with Crippen molar-refractivity contribution in [1.29, 1.82) is 0 Å². The summed E-state index contributed by atoms with van der Waals surface area (Å²) in [6.07, 6.45) is 0. The number of benzene rings is 2. The molecular formula is C14H12BrFN2O2. The van der Waals surface area contributed by atoms with Crippen LogP contribution in [0.3, 0.4) is 0 Å². The lowest BCUT2D eigenvalue weighted by atomic mass is 10.1. The van der Waals surface area contributed by atoms with Crippen molar-refractivity contribution in [1.82, 2.24) is 0 Å². The molecular weight excluding hydrogens is 327 g/mol. The molecule has 0 saturated heterocycles. The fraction of sp³-hybridized carbons (Fsp3) is 0.0714. The molecule has 0 amide bonds. The van der Waals surface area contributed by atoms with E-state index >= 15 is 0 Å². The Labute approximate surface area is 123 Å². The molecule has 2 rings (SSSR count). The first kappa shape index (κ1) is 14.3. The standard InChI is InChI=1S/C14H12BrFN2O2/c15-11-5-8(1-4-12(11)16)7-20-14(19)10-3-2-9(17)6-13(10)18/h1-6H,7,17-18H2. The second-order valence-corrected chi connectivity index (χ2v) is 5.03. The molecule has 4 nitrogen and oxygen atoms in total. The van der Waals surface area contributed by atoms with Crippen LogP contribution in [0.25, 0.3) is 0 Å². The summed E-state index contributed by atoms with van der Waals surface area (Å²) in [5, 5.41) is 0. The van der Waals surface area contributed by atoms with Gasteiger partial charge < -0.3 is 16.2 Å². The van der Waals surface area contributed by atoms with Crippen molar-refractivity contribution in [3.63, 3.8) is 0 Å². The van der Waals surface area contributed by atoms with E-state index in [1.807, 2.05) is 0 Å². The van der Waals surface area contributed by atoms with E-state index in [4.69, 9.17) is 16.2 Å². The number of halogens is 2. The normalized spacial score (nSPS) is 10.3. The molecule has 0 spiro atoms. The molecule has 0 atom stereocenters. The molecule has 0 radical (unpaired) electrons. The van der Waals surface area contributed by atoms with E-state index in [1.54, 1.807) is 18.2 Å². The molecule has 2 aromatic rings. The zero-order chi connectivity index (χ0) is 14.7. The van der Waals surface area contributed by atoms with Gasteiger partial charge in [0.25, 0.3) is 0 Å². The number of nitrogens with two attached hydrogens (primary N) is 2. The lowest BCUT2D eigenvalue weighted by Crippen LogP contribution is -2.08. The highest BCUT2D eigenvalue weighted by Gasteiger charge is 2.12. The van der Waals surface area contributed by atoms with E-state index in [-0.39, 0.29) is 23.7 Å². The first-order valence-electron chi connectivity index (χ1n) is 5.73. The number of rotatable bonds is 3. The number of hydrogen-bond acceptors (Lipinski definition) is 4. The summed E-state index contributed by atoms with van der Waals surface area (Å²) in [5.74, 6) is -0.925. The van der Waals surface area contributed by atoms with E-state index in [1.165, 1.54) is 18.2 Å². The first-order valence-corrected chi connectivity index (χ1v) is 6.52. The number of hydrogen-bond donors (Lipinski definition) is 2. The highest BCUT2D eigenvalue weighted by Crippen LogP contribution is 2.19. The highest BCUT2D eigenvalue weighted by atomic mass is 79.9. The van der Waals surface area contributed by atoms with E-state index in [0.29, 0.717) is 15.7 Å². The van der Waals surface area contributed by atoms with E-state index in [2.05, 4.69) is 15.9 Å². The van der Waals surface area contributed by atoms with Crippen LogP contribution in [0.5, 0.6) is 0 Å². The molecule has 0 aliphatic rings. The molecule has 104 valence electrons. The van der Waals surface area contributed by atoms with Crippen LogP contribution in [0, 0.1) is 5.82 Å². The average molecular weight is 339 g/mol. The highest BCUT2D eigenvalue weighted by molar-refractivity contribution is 9.10. The molecule has 6 heteroatoms. The van der Waals surface area contributed by atoms with E-state index in [9.17, 15) is 9.18 Å². The van der Waals surface area contributed by atoms with Gasteiger partial charge >= 0.3 is 5.97 Å². The summed E-state index contributed by atoms with van der Waals surface area (Å²) in [7, 11) is 0. The Morgan fingerprint density at radius 3 is 2.60 bits per heavy atom. The van der Waals surface area contributed by atoms with Gasteiger partial charge in [-0.25, -0.2) is 9.18 Å². The van der Waals surface area contributed by atoms with Gasteiger partial charge in [-0.3, -0.25) is 0 Å². The Kier molecular flexibility index (Phi) is 4.24. The summed E-state index contributed by atoms with van der Waals surface area (Å²) < 4.78 is 18.5. The van der Waals surface area contributed by atoms with Crippen LogP contribution in [-0.4, -0.2) is 5.97 Å². The molecule has 0 unspecified atom stereocenters. The maximum atomic E-state index is 13.1. The van der Waals surface area contributed by atoms with Gasteiger partial charge in [0.15, 0.2) is 0 Å². The number of carbonyl (C=O) groups excluding carboxylic acids is 1. The fourth-order valence-corrected chi connectivity index (χ4v) is 2.05. The molecule has 20 heavy (non-hydrogen) atoms. The molecule has 2 aromatic carbocycles. The minimum absolute atomic E-state index is 0.0293. The predicted molar refractivity (Wildman–Crippen MR) is 78.5 cm³/mol. The van der Waals surface area contributed by atoms with Crippen molar-refractivity contribution in [3.8, 4) is 0 Å². The van der Waals surface area contributed by atoms with Gasteiger partial charge in [0.05, 0.1) is 10.0 Å². The van der Waals surface area contributed by atoms with Gasteiger partial charge in [0, 0.05) is 11.4 Å². The number of ether oxygens (including phenoxy) is 1. The van der Waals surface area contributed by atoms with Gasteiger partial charge in [-0.05, 0) is 51.8 Å². The van der Waals surface area contributed by atoms with Gasteiger partial charge in [-0.1, -0.05) is 6.07 Å². The van der Waals surface area contributed by atoms with Crippen molar-refractivity contribution in [3.05, 3.63) is 57.8 Å². The first-order chi connectivity index (χ1) is 9.47. The molecule has 0 aliphatic carbocycles. The van der Waals surface area contributed by atoms with Crippen molar-refractivity contribution < 1.29 is 13.9 Å². The Balaban J connectivity index is 2.06. The van der Waals surface area contributed by atoms with Gasteiger partial charge in [-0.2, -0.15) is 0 Å². The lowest BCUT2D eigenvalue weighted by Gasteiger charge is -2.08. The Morgan fingerprint density at radius 1 is 1.20 bits per heavy atom. The average Bonchev–Trinajstić information content (AvgIpc) is 2.40. The summed E-state index contributed by atoms with van der Waals surface area (Å²) >= 11 is 3.07. The summed E-state index contributed by atoms with van der Waals surface area (Å²) in [6.45, 7) is 0.0293. The molecule has 0 bridgehead atoms. The fourth-order valence-electron chi connectivity index (χ4n) is 1.62. The summed E-state index contributed by atoms with van der Waals surface area (Å²) in [5.41, 5.74) is 12.9. The predicted octanol–water partition coefficient (Wildman–Crippen LogP) is 3.11. The Bertz CT molecular complexity index is 662. The lowest BCUT2D eigenvalue weighted by molar-refractivity contribution is 0.0474. The van der Waals surface area contributed by atoms with Crippen LogP contribution in [0.1, 0.15) is 15.9 Å². The molecule has 0 fully saturated rings. The molecule has 0 aliphatic heterocycles. The van der Waals surface area contributed by atoms with Crippen molar-refractivity contribution >= 4 is 33.3 Å². The molecule has 4 N–H and O–H groups in total. The largest absolute Gasteiger partial charge is 0.457 e. The monoisotopic (exact) mass is 338 g/mol. The van der Waals surface area contributed by atoms with Crippen molar-refractivity contribution in [2.75, 3.05) is 11.5 Å². The molecule has 0 saturated carbocycles. The zero-order valence-electron chi connectivity index (χ0n) is 10.4. The summed E-state index contributed by atoms with van der Waals surface area (Å²) in [4.78, 5) is 11.9. The third kappa shape index (κ3) is 3.27. The van der Waals surface area contributed by atoms with E-state index in [0.717, 1.165) is 0 Å². The third-order valence-corrected chi connectivity index (χ3v) is 3.26. The minimum atomic E-state index is -0.553. The van der Waals surface area contributed by atoms with Crippen LogP contribution in [-0.2, 0) is 11.3 Å². The van der Waals surface area contributed by atoms with Gasteiger partial charge in [0.2, 0.25) is 0 Å². The van der Waals surface area contributed by atoms with Crippen LogP contribution in [0.4, 0.5) is 15.8 Å². The topological polar surface area (TPSA) is 78.3 Å². The minimum Gasteiger partial charge on any atom is -0.457 e. The SMILES string of the molecule is Nc1ccc(C(=O)OCc2ccc(F)c(Br)c2)c(N)c1. The second-order valence-electron chi connectivity index (χ2n) is 4.17. The van der Waals surface area contributed by atoms with Crippen LogP contribution < -0.4 is 11.5 Å². The van der Waals surface area contributed by atoms with E-state index < -0.39 is 5.97 Å². The van der Waals surface area contributed by atoms with Gasteiger partial charge in [-0.15, -0.1) is 0 Å². The number of nitrogen functional groups attached to an aromatic ring is 2.